The monoisotopic (exact) mass is 238 g/mol. The molecule has 0 radical (unpaired) electrons. The molecule has 0 amide bonds. The van der Waals surface area contributed by atoms with Gasteiger partial charge in [-0.1, -0.05) is 53.4 Å². The molecular weight excluding hydrogens is 208 g/mol. The lowest BCUT2D eigenvalue weighted by Crippen LogP contribution is -1.94. The molecule has 0 aliphatic carbocycles. The molecule has 0 unspecified atom stereocenters. The van der Waals surface area contributed by atoms with Crippen molar-refractivity contribution in [3.05, 3.63) is 24.7 Å². The average molecular weight is 238 g/mol. The Morgan fingerprint density at radius 1 is 0.706 bits per heavy atom. The summed E-state index contributed by atoms with van der Waals surface area (Å²) in [6.45, 7) is 8.99. The summed E-state index contributed by atoms with van der Waals surface area (Å²) in [5.41, 5.74) is 0. The Labute approximate surface area is 108 Å². The SMILES string of the molecule is CCC(CC)CC=COC=CCC(CC)CC. The van der Waals surface area contributed by atoms with Gasteiger partial charge in [-0.05, 0) is 36.8 Å². The van der Waals surface area contributed by atoms with E-state index in [1.54, 1.807) is 0 Å². The van der Waals surface area contributed by atoms with Crippen molar-refractivity contribution in [2.75, 3.05) is 0 Å². The first kappa shape index (κ1) is 16.3. The first-order valence-electron chi connectivity index (χ1n) is 7.23. The van der Waals surface area contributed by atoms with E-state index in [1.165, 1.54) is 25.7 Å². The Morgan fingerprint density at radius 3 is 1.35 bits per heavy atom. The van der Waals surface area contributed by atoms with Crippen LogP contribution in [0.2, 0.25) is 0 Å². The summed E-state index contributed by atoms with van der Waals surface area (Å²) >= 11 is 0. The summed E-state index contributed by atoms with van der Waals surface area (Å²) in [6.07, 6.45) is 15.2. The predicted octanol–water partition coefficient (Wildman–Crippen LogP) is 5.68. The van der Waals surface area contributed by atoms with Gasteiger partial charge in [0.1, 0.15) is 0 Å². The van der Waals surface area contributed by atoms with E-state index < -0.39 is 0 Å². The number of rotatable bonds is 10. The van der Waals surface area contributed by atoms with Gasteiger partial charge in [0.15, 0.2) is 0 Å². The molecule has 1 nitrogen and oxygen atoms in total. The third-order valence-corrected chi connectivity index (χ3v) is 3.60. The molecule has 0 N–H and O–H groups in total. The lowest BCUT2D eigenvalue weighted by molar-refractivity contribution is 0.390. The topological polar surface area (TPSA) is 9.23 Å². The van der Waals surface area contributed by atoms with Crippen LogP contribution < -0.4 is 0 Å². The number of ether oxygens (including phenoxy) is 1. The Balaban J connectivity index is 3.61. The van der Waals surface area contributed by atoms with E-state index >= 15 is 0 Å². The van der Waals surface area contributed by atoms with Gasteiger partial charge in [-0.3, -0.25) is 0 Å². The van der Waals surface area contributed by atoms with E-state index in [9.17, 15) is 0 Å². The number of hydrogen-bond acceptors (Lipinski definition) is 1. The minimum absolute atomic E-state index is 0.809. The van der Waals surface area contributed by atoms with Crippen molar-refractivity contribution in [1.29, 1.82) is 0 Å². The van der Waals surface area contributed by atoms with Gasteiger partial charge in [-0.25, -0.2) is 0 Å². The number of hydrogen-bond donors (Lipinski definition) is 0. The minimum Gasteiger partial charge on any atom is -0.473 e. The van der Waals surface area contributed by atoms with Gasteiger partial charge < -0.3 is 4.74 Å². The summed E-state index contributed by atoms with van der Waals surface area (Å²) in [5.74, 6) is 1.62. The third kappa shape index (κ3) is 9.02. The Morgan fingerprint density at radius 2 is 1.06 bits per heavy atom. The molecule has 100 valence electrons. The molecule has 17 heavy (non-hydrogen) atoms. The van der Waals surface area contributed by atoms with Crippen LogP contribution in [-0.4, -0.2) is 0 Å². The van der Waals surface area contributed by atoms with Crippen molar-refractivity contribution >= 4 is 0 Å². The highest BCUT2D eigenvalue weighted by Crippen LogP contribution is 2.13. The van der Waals surface area contributed by atoms with Crippen LogP contribution in [0.1, 0.15) is 66.2 Å². The lowest BCUT2D eigenvalue weighted by Gasteiger charge is -2.08. The second-order valence-corrected chi connectivity index (χ2v) is 4.72. The molecule has 0 aromatic rings. The van der Waals surface area contributed by atoms with Crippen molar-refractivity contribution in [3.8, 4) is 0 Å². The zero-order chi connectivity index (χ0) is 12.9. The molecule has 0 aromatic heterocycles. The first-order valence-corrected chi connectivity index (χ1v) is 7.23. The maximum absolute atomic E-state index is 5.35. The van der Waals surface area contributed by atoms with Crippen LogP contribution in [0.15, 0.2) is 24.7 Å². The van der Waals surface area contributed by atoms with Gasteiger partial charge in [0.25, 0.3) is 0 Å². The molecule has 0 saturated carbocycles. The van der Waals surface area contributed by atoms with E-state index in [1.807, 2.05) is 12.5 Å². The molecule has 0 aliphatic heterocycles. The molecule has 0 fully saturated rings. The van der Waals surface area contributed by atoms with Gasteiger partial charge >= 0.3 is 0 Å². The maximum atomic E-state index is 5.35. The summed E-state index contributed by atoms with van der Waals surface area (Å²) in [6, 6.07) is 0. The van der Waals surface area contributed by atoms with E-state index in [4.69, 9.17) is 4.74 Å². The Kier molecular flexibility index (Phi) is 11.3. The van der Waals surface area contributed by atoms with Crippen LogP contribution in [0.25, 0.3) is 0 Å². The third-order valence-electron chi connectivity index (χ3n) is 3.60. The van der Waals surface area contributed by atoms with Gasteiger partial charge in [0, 0.05) is 0 Å². The van der Waals surface area contributed by atoms with Crippen molar-refractivity contribution in [2.45, 2.75) is 66.2 Å². The van der Waals surface area contributed by atoms with Crippen LogP contribution in [0.5, 0.6) is 0 Å². The molecule has 0 bridgehead atoms. The van der Waals surface area contributed by atoms with Crippen LogP contribution in [0.3, 0.4) is 0 Å². The molecule has 0 spiro atoms. The first-order chi connectivity index (χ1) is 8.28. The summed E-state index contributed by atoms with van der Waals surface area (Å²) in [5, 5.41) is 0. The van der Waals surface area contributed by atoms with Crippen LogP contribution >= 0.6 is 0 Å². The zero-order valence-corrected chi connectivity index (χ0v) is 12.1. The Hall–Kier alpha value is -0.720. The quantitative estimate of drug-likeness (QED) is 0.445. The van der Waals surface area contributed by atoms with E-state index in [0.29, 0.717) is 0 Å². The van der Waals surface area contributed by atoms with Crippen LogP contribution in [0, 0.1) is 11.8 Å². The highest BCUT2D eigenvalue weighted by molar-refractivity contribution is 4.82. The second kappa shape index (κ2) is 11.8. The highest BCUT2D eigenvalue weighted by atomic mass is 16.5. The van der Waals surface area contributed by atoms with Crippen molar-refractivity contribution in [2.24, 2.45) is 11.8 Å². The minimum atomic E-state index is 0.809. The molecule has 0 aliphatic rings. The van der Waals surface area contributed by atoms with E-state index in [2.05, 4.69) is 39.8 Å². The fourth-order valence-corrected chi connectivity index (χ4v) is 1.90. The molecule has 0 rings (SSSR count). The average Bonchev–Trinajstić information content (AvgIpc) is 2.37. The molecule has 0 atom stereocenters. The molecule has 0 heterocycles. The van der Waals surface area contributed by atoms with E-state index in [0.717, 1.165) is 24.7 Å². The van der Waals surface area contributed by atoms with Gasteiger partial charge in [0.2, 0.25) is 0 Å². The fraction of sp³-hybridized carbons (Fsp3) is 0.750. The molecule has 0 aromatic carbocycles. The molecule has 1 heteroatoms. The van der Waals surface area contributed by atoms with Gasteiger partial charge in [-0.2, -0.15) is 0 Å². The summed E-state index contributed by atoms with van der Waals surface area (Å²) in [7, 11) is 0. The smallest absolute Gasteiger partial charge is 0.0861 e. The van der Waals surface area contributed by atoms with Crippen LogP contribution in [-0.2, 0) is 4.74 Å². The zero-order valence-electron chi connectivity index (χ0n) is 12.1. The van der Waals surface area contributed by atoms with Crippen molar-refractivity contribution < 1.29 is 4.74 Å². The summed E-state index contributed by atoms with van der Waals surface area (Å²) in [4.78, 5) is 0. The van der Waals surface area contributed by atoms with Gasteiger partial charge in [-0.15, -0.1) is 0 Å². The van der Waals surface area contributed by atoms with Crippen LogP contribution in [0.4, 0.5) is 0 Å². The maximum Gasteiger partial charge on any atom is 0.0861 e. The Bertz CT molecular complexity index is 176. The van der Waals surface area contributed by atoms with Crippen molar-refractivity contribution in [1.82, 2.24) is 0 Å². The van der Waals surface area contributed by atoms with Crippen molar-refractivity contribution in [3.63, 3.8) is 0 Å². The molecule has 0 saturated heterocycles. The molecular formula is C16H30O. The predicted molar refractivity (Wildman–Crippen MR) is 76.7 cm³/mol. The van der Waals surface area contributed by atoms with Gasteiger partial charge in [0.05, 0.1) is 12.5 Å². The van der Waals surface area contributed by atoms with E-state index in [-0.39, 0.29) is 0 Å². The standard InChI is InChI=1S/C16H30O/c1-5-15(6-2)11-9-13-17-14-10-12-16(7-3)8-4/h9-10,13-16H,5-8,11-12H2,1-4H3. The largest absolute Gasteiger partial charge is 0.473 e. The highest BCUT2D eigenvalue weighted by Gasteiger charge is 1.99. The summed E-state index contributed by atoms with van der Waals surface area (Å²) < 4.78 is 5.35. The number of allylic oxidation sites excluding steroid dienone is 2. The fourth-order valence-electron chi connectivity index (χ4n) is 1.90. The second-order valence-electron chi connectivity index (χ2n) is 4.72. The normalized spacial score (nSPS) is 12.4. The lowest BCUT2D eigenvalue weighted by atomic mass is 10.00.